The first kappa shape index (κ1) is 24.3. The Morgan fingerprint density at radius 1 is 0.970 bits per heavy atom. The van der Waals surface area contributed by atoms with Crippen molar-refractivity contribution in [2.45, 2.75) is 38.6 Å². The van der Waals surface area contributed by atoms with Crippen LogP contribution in [0.2, 0.25) is 0 Å². The lowest BCUT2D eigenvalue weighted by Crippen LogP contribution is -2.42. The normalized spacial score (nSPS) is 12.2. The van der Waals surface area contributed by atoms with Gasteiger partial charge in [0.25, 0.3) is 10.0 Å². The number of amides is 1. The van der Waals surface area contributed by atoms with Gasteiger partial charge in [-0.2, -0.15) is 0 Å². The number of hydrogen-bond donors (Lipinski definition) is 1. The molecule has 6 nitrogen and oxygen atoms in total. The van der Waals surface area contributed by atoms with Gasteiger partial charge in [0.2, 0.25) is 5.91 Å². The van der Waals surface area contributed by atoms with Gasteiger partial charge >= 0.3 is 0 Å². The highest BCUT2D eigenvalue weighted by atomic mass is 32.2. The number of hydrogen-bond acceptors (Lipinski definition) is 4. The number of para-hydroxylation sites is 1. The number of ether oxygens (including phenoxy) is 1. The Morgan fingerprint density at radius 3 is 2.30 bits per heavy atom. The number of carbonyl (C=O) groups is 1. The minimum atomic E-state index is -3.97. The van der Waals surface area contributed by atoms with Crippen molar-refractivity contribution in [2.75, 3.05) is 18.0 Å². The van der Waals surface area contributed by atoms with E-state index >= 15 is 0 Å². The van der Waals surface area contributed by atoms with Crippen LogP contribution in [-0.2, 0) is 14.8 Å². The Hall–Kier alpha value is -3.32. The molecule has 0 fully saturated rings. The van der Waals surface area contributed by atoms with E-state index in [1.54, 1.807) is 43.5 Å². The van der Waals surface area contributed by atoms with E-state index in [0.29, 0.717) is 11.4 Å². The van der Waals surface area contributed by atoms with Crippen LogP contribution in [0.3, 0.4) is 0 Å². The van der Waals surface area contributed by atoms with Gasteiger partial charge in [0.05, 0.1) is 23.7 Å². The Kier molecular flexibility index (Phi) is 7.43. The standard InChI is InChI=1S/C26H30N2O4S/c1-18-13-15-22(16-14-18)33(30,31)28(24-11-8-9-19(2)20(24)3)17-26(29)27-21(4)23-10-6-7-12-25(23)32-5/h6-16,21H,17H2,1-5H3,(H,27,29)/t21-/m1/s1. The van der Waals surface area contributed by atoms with Gasteiger partial charge in [0.15, 0.2) is 0 Å². The molecule has 0 bridgehead atoms. The van der Waals surface area contributed by atoms with Crippen molar-refractivity contribution in [3.8, 4) is 5.75 Å². The van der Waals surface area contributed by atoms with Crippen molar-refractivity contribution < 1.29 is 17.9 Å². The number of aryl methyl sites for hydroxylation is 2. The molecule has 0 heterocycles. The first-order valence-corrected chi connectivity index (χ1v) is 12.2. The Balaban J connectivity index is 1.95. The first-order valence-electron chi connectivity index (χ1n) is 10.7. The van der Waals surface area contributed by atoms with Crippen LogP contribution >= 0.6 is 0 Å². The van der Waals surface area contributed by atoms with Gasteiger partial charge in [-0.25, -0.2) is 8.42 Å². The van der Waals surface area contributed by atoms with Crippen LogP contribution < -0.4 is 14.4 Å². The molecule has 0 aliphatic carbocycles. The quantitative estimate of drug-likeness (QED) is 0.522. The zero-order valence-corrected chi connectivity index (χ0v) is 20.4. The molecule has 33 heavy (non-hydrogen) atoms. The minimum absolute atomic E-state index is 0.139. The third-order valence-electron chi connectivity index (χ3n) is 5.72. The average Bonchev–Trinajstić information content (AvgIpc) is 2.79. The molecule has 3 aromatic rings. The second-order valence-corrected chi connectivity index (χ2v) is 9.94. The van der Waals surface area contributed by atoms with Crippen LogP contribution in [0, 0.1) is 20.8 Å². The van der Waals surface area contributed by atoms with E-state index in [0.717, 1.165) is 22.3 Å². The minimum Gasteiger partial charge on any atom is -0.496 e. The van der Waals surface area contributed by atoms with Crippen molar-refractivity contribution in [1.29, 1.82) is 0 Å². The van der Waals surface area contributed by atoms with E-state index in [4.69, 9.17) is 4.74 Å². The molecule has 1 atom stereocenters. The van der Waals surface area contributed by atoms with Crippen LogP contribution in [0.5, 0.6) is 5.75 Å². The molecule has 174 valence electrons. The Labute approximate surface area is 196 Å². The molecule has 0 aliphatic heterocycles. The fourth-order valence-corrected chi connectivity index (χ4v) is 5.14. The predicted molar refractivity (Wildman–Crippen MR) is 131 cm³/mol. The topological polar surface area (TPSA) is 75.7 Å². The van der Waals surface area contributed by atoms with Crippen LogP contribution in [0.4, 0.5) is 5.69 Å². The number of rotatable bonds is 8. The molecule has 0 unspecified atom stereocenters. The lowest BCUT2D eigenvalue weighted by molar-refractivity contribution is -0.120. The highest BCUT2D eigenvalue weighted by Gasteiger charge is 2.29. The molecule has 0 radical (unpaired) electrons. The first-order chi connectivity index (χ1) is 15.6. The van der Waals surface area contributed by atoms with Gasteiger partial charge in [0, 0.05) is 5.56 Å². The van der Waals surface area contributed by atoms with E-state index in [9.17, 15) is 13.2 Å². The lowest BCUT2D eigenvalue weighted by Gasteiger charge is -2.27. The van der Waals surface area contributed by atoms with Crippen molar-refractivity contribution in [3.63, 3.8) is 0 Å². The van der Waals surface area contributed by atoms with E-state index in [1.807, 2.05) is 58.0 Å². The summed E-state index contributed by atoms with van der Waals surface area (Å²) < 4.78 is 33.8. The van der Waals surface area contributed by atoms with E-state index < -0.39 is 15.9 Å². The molecule has 1 N–H and O–H groups in total. The predicted octanol–water partition coefficient (Wildman–Crippen LogP) is 4.69. The fraction of sp³-hybridized carbons (Fsp3) is 0.269. The van der Waals surface area contributed by atoms with Gasteiger partial charge < -0.3 is 10.1 Å². The molecule has 1 amide bonds. The summed E-state index contributed by atoms with van der Waals surface area (Å²) in [5.41, 5.74) is 4.00. The maximum atomic E-state index is 13.6. The van der Waals surface area contributed by atoms with Crippen LogP contribution in [0.25, 0.3) is 0 Å². The fourth-order valence-electron chi connectivity index (χ4n) is 3.66. The number of carbonyl (C=O) groups excluding carboxylic acids is 1. The Morgan fingerprint density at radius 2 is 1.64 bits per heavy atom. The smallest absolute Gasteiger partial charge is 0.264 e. The second-order valence-electron chi connectivity index (χ2n) is 8.07. The van der Waals surface area contributed by atoms with Gasteiger partial charge in [-0.15, -0.1) is 0 Å². The number of nitrogens with zero attached hydrogens (tertiary/aromatic N) is 1. The lowest BCUT2D eigenvalue weighted by atomic mass is 10.1. The summed E-state index contributed by atoms with van der Waals surface area (Å²) in [6.45, 7) is 7.16. The van der Waals surface area contributed by atoms with Crippen molar-refractivity contribution in [3.05, 3.63) is 89.0 Å². The van der Waals surface area contributed by atoms with E-state index in [2.05, 4.69) is 5.32 Å². The molecule has 0 aromatic heterocycles. The highest BCUT2D eigenvalue weighted by Crippen LogP contribution is 2.29. The largest absolute Gasteiger partial charge is 0.496 e. The number of sulfonamides is 1. The van der Waals surface area contributed by atoms with Crippen molar-refractivity contribution >= 4 is 21.6 Å². The summed E-state index contributed by atoms with van der Waals surface area (Å²) in [6, 6.07) is 19.1. The molecular formula is C26H30N2O4S. The molecule has 0 saturated carbocycles. The summed E-state index contributed by atoms with van der Waals surface area (Å²) in [5, 5.41) is 2.91. The highest BCUT2D eigenvalue weighted by molar-refractivity contribution is 7.92. The summed E-state index contributed by atoms with van der Waals surface area (Å²) in [5.74, 6) is 0.244. The molecule has 3 rings (SSSR count). The summed E-state index contributed by atoms with van der Waals surface area (Å²) in [6.07, 6.45) is 0. The van der Waals surface area contributed by atoms with Crippen molar-refractivity contribution in [1.82, 2.24) is 5.32 Å². The summed E-state index contributed by atoms with van der Waals surface area (Å²) in [4.78, 5) is 13.2. The molecule has 0 spiro atoms. The third kappa shape index (κ3) is 5.37. The van der Waals surface area contributed by atoms with Gasteiger partial charge in [-0.1, -0.05) is 48.0 Å². The number of benzene rings is 3. The zero-order valence-electron chi connectivity index (χ0n) is 19.6. The van der Waals surface area contributed by atoms with Gasteiger partial charge in [-0.3, -0.25) is 9.10 Å². The number of anilines is 1. The van der Waals surface area contributed by atoms with Crippen LogP contribution in [0.1, 0.15) is 35.2 Å². The van der Waals surface area contributed by atoms with E-state index in [-0.39, 0.29) is 17.5 Å². The summed E-state index contributed by atoms with van der Waals surface area (Å²) >= 11 is 0. The van der Waals surface area contributed by atoms with Crippen LogP contribution in [-0.4, -0.2) is 28.0 Å². The van der Waals surface area contributed by atoms with Crippen LogP contribution in [0.15, 0.2) is 71.6 Å². The molecule has 7 heteroatoms. The van der Waals surface area contributed by atoms with Gasteiger partial charge in [-0.05, 0) is 63.1 Å². The third-order valence-corrected chi connectivity index (χ3v) is 7.50. The number of methoxy groups -OCH3 is 1. The van der Waals surface area contributed by atoms with E-state index in [1.165, 1.54) is 4.31 Å². The maximum Gasteiger partial charge on any atom is 0.264 e. The Bertz CT molecular complexity index is 1240. The molecule has 0 saturated heterocycles. The second kappa shape index (κ2) is 10.1. The average molecular weight is 467 g/mol. The number of nitrogens with one attached hydrogen (secondary N) is 1. The SMILES string of the molecule is COc1ccccc1[C@@H](C)NC(=O)CN(c1cccc(C)c1C)S(=O)(=O)c1ccc(C)cc1. The van der Waals surface area contributed by atoms with Crippen molar-refractivity contribution in [2.24, 2.45) is 0 Å². The molecule has 3 aromatic carbocycles. The zero-order chi connectivity index (χ0) is 24.2. The summed E-state index contributed by atoms with van der Waals surface area (Å²) in [7, 11) is -2.40. The monoisotopic (exact) mass is 466 g/mol. The molecule has 0 aliphatic rings. The van der Waals surface area contributed by atoms with Gasteiger partial charge in [0.1, 0.15) is 12.3 Å². The maximum absolute atomic E-state index is 13.6. The molecular weight excluding hydrogens is 436 g/mol.